The molecular weight excluding hydrogens is 374 g/mol. The monoisotopic (exact) mass is 399 g/mol. The highest BCUT2D eigenvalue weighted by molar-refractivity contribution is 5.99. The SMILES string of the molecule is CCCc1c(N(Cc2ccc(C(=O)O)cc2OC)C(C)=O)ccc(C(C)=O)c1O. The summed E-state index contributed by atoms with van der Waals surface area (Å²) in [6.45, 7) is 4.84. The van der Waals surface area contributed by atoms with Crippen LogP contribution in [-0.4, -0.2) is 35.0 Å². The predicted octanol–water partition coefficient (Wildman–Crippen LogP) is 3.81. The number of rotatable bonds is 8. The fourth-order valence-electron chi connectivity index (χ4n) is 3.20. The molecule has 1 amide bonds. The number of hydrogen-bond donors (Lipinski definition) is 2. The molecule has 0 fully saturated rings. The van der Waals surface area contributed by atoms with Gasteiger partial charge in [-0.2, -0.15) is 0 Å². The second kappa shape index (κ2) is 9.23. The van der Waals surface area contributed by atoms with E-state index < -0.39 is 5.97 Å². The van der Waals surface area contributed by atoms with E-state index in [0.29, 0.717) is 35.4 Å². The molecule has 7 heteroatoms. The molecule has 154 valence electrons. The molecule has 2 aromatic carbocycles. The van der Waals surface area contributed by atoms with Crippen molar-refractivity contribution in [1.82, 2.24) is 0 Å². The van der Waals surface area contributed by atoms with Gasteiger partial charge in [-0.1, -0.05) is 19.4 Å². The summed E-state index contributed by atoms with van der Waals surface area (Å²) in [5.74, 6) is -1.37. The molecule has 0 radical (unpaired) electrons. The molecule has 2 aromatic rings. The maximum atomic E-state index is 12.5. The van der Waals surface area contributed by atoms with Crippen LogP contribution in [0, 0.1) is 0 Å². The molecule has 0 spiro atoms. The van der Waals surface area contributed by atoms with Gasteiger partial charge in [0.1, 0.15) is 11.5 Å². The first-order valence-corrected chi connectivity index (χ1v) is 9.25. The van der Waals surface area contributed by atoms with E-state index in [1.165, 1.54) is 44.1 Å². The molecular formula is C22H25NO6. The number of ketones is 1. The Morgan fingerprint density at radius 3 is 2.31 bits per heavy atom. The summed E-state index contributed by atoms with van der Waals surface area (Å²) in [6, 6.07) is 7.61. The lowest BCUT2D eigenvalue weighted by molar-refractivity contribution is -0.116. The Morgan fingerprint density at radius 2 is 1.79 bits per heavy atom. The van der Waals surface area contributed by atoms with E-state index in [1.54, 1.807) is 12.1 Å². The van der Waals surface area contributed by atoms with E-state index in [0.717, 1.165) is 0 Å². The molecule has 7 nitrogen and oxygen atoms in total. The van der Waals surface area contributed by atoms with Crippen LogP contribution in [0.2, 0.25) is 0 Å². The molecule has 2 N–H and O–H groups in total. The van der Waals surface area contributed by atoms with Crippen LogP contribution < -0.4 is 9.64 Å². The standard InChI is InChI=1S/C22H25NO6/c1-5-6-18-19(10-9-17(13(2)24)21(18)26)23(14(3)25)12-16-8-7-15(22(27)28)11-20(16)29-4/h7-11,26H,5-6,12H2,1-4H3,(H,27,28). The average Bonchev–Trinajstić information content (AvgIpc) is 2.67. The minimum absolute atomic E-state index is 0.0788. The molecule has 0 aliphatic carbocycles. The largest absolute Gasteiger partial charge is 0.507 e. The van der Waals surface area contributed by atoms with E-state index in [1.807, 2.05) is 6.92 Å². The van der Waals surface area contributed by atoms with Gasteiger partial charge >= 0.3 is 5.97 Å². The van der Waals surface area contributed by atoms with Gasteiger partial charge in [0.15, 0.2) is 5.78 Å². The van der Waals surface area contributed by atoms with Gasteiger partial charge in [0.2, 0.25) is 5.91 Å². The zero-order chi connectivity index (χ0) is 21.7. The predicted molar refractivity (Wildman–Crippen MR) is 109 cm³/mol. The molecule has 0 saturated carbocycles. The minimum Gasteiger partial charge on any atom is -0.507 e. The quantitative estimate of drug-likeness (QED) is 0.654. The van der Waals surface area contributed by atoms with Crippen molar-refractivity contribution in [2.45, 2.75) is 40.2 Å². The first-order valence-electron chi connectivity index (χ1n) is 9.25. The summed E-state index contributed by atoms with van der Waals surface area (Å²) in [5.41, 5.74) is 1.94. The van der Waals surface area contributed by atoms with Gasteiger partial charge in [0.25, 0.3) is 0 Å². The van der Waals surface area contributed by atoms with E-state index in [4.69, 9.17) is 9.84 Å². The number of benzene rings is 2. The number of phenols is 1. The first kappa shape index (κ1) is 21.9. The first-order chi connectivity index (χ1) is 13.7. The summed E-state index contributed by atoms with van der Waals surface area (Å²) in [7, 11) is 1.43. The van der Waals surface area contributed by atoms with E-state index in [2.05, 4.69) is 0 Å². The number of carbonyl (C=O) groups excluding carboxylic acids is 2. The number of carboxylic acids is 1. The van der Waals surface area contributed by atoms with Gasteiger partial charge in [-0.25, -0.2) is 4.79 Å². The summed E-state index contributed by atoms with van der Waals surface area (Å²) < 4.78 is 5.31. The molecule has 0 aromatic heterocycles. The van der Waals surface area contributed by atoms with Crippen molar-refractivity contribution in [2.75, 3.05) is 12.0 Å². The highest BCUT2D eigenvalue weighted by atomic mass is 16.5. The van der Waals surface area contributed by atoms with Crippen LogP contribution in [0.1, 0.15) is 59.0 Å². The van der Waals surface area contributed by atoms with Crippen molar-refractivity contribution < 1.29 is 29.3 Å². The van der Waals surface area contributed by atoms with Gasteiger partial charge in [-0.05, 0) is 37.6 Å². The van der Waals surface area contributed by atoms with Crippen LogP contribution in [0.25, 0.3) is 0 Å². The number of carbonyl (C=O) groups is 3. The van der Waals surface area contributed by atoms with Crippen molar-refractivity contribution in [3.8, 4) is 11.5 Å². The zero-order valence-electron chi connectivity index (χ0n) is 17.0. The number of aromatic carboxylic acids is 1. The van der Waals surface area contributed by atoms with Crippen molar-refractivity contribution in [3.63, 3.8) is 0 Å². The van der Waals surface area contributed by atoms with E-state index >= 15 is 0 Å². The summed E-state index contributed by atoms with van der Waals surface area (Å²) in [6.07, 6.45) is 1.20. The van der Waals surface area contributed by atoms with E-state index in [9.17, 15) is 19.5 Å². The number of aromatic hydroxyl groups is 1. The second-order valence-electron chi connectivity index (χ2n) is 6.70. The topological polar surface area (TPSA) is 104 Å². The molecule has 0 saturated heterocycles. The third-order valence-corrected chi connectivity index (χ3v) is 4.67. The molecule has 2 rings (SSSR count). The lowest BCUT2D eigenvalue weighted by Gasteiger charge is -2.26. The zero-order valence-corrected chi connectivity index (χ0v) is 17.0. The van der Waals surface area contributed by atoms with Crippen molar-refractivity contribution in [2.24, 2.45) is 0 Å². The molecule has 0 unspecified atom stereocenters. The molecule has 0 aliphatic rings. The second-order valence-corrected chi connectivity index (χ2v) is 6.70. The minimum atomic E-state index is -1.08. The maximum absolute atomic E-state index is 12.5. The number of phenolic OH excluding ortho intramolecular Hbond substituents is 1. The van der Waals surface area contributed by atoms with Gasteiger partial charge in [0, 0.05) is 18.1 Å². The normalized spacial score (nSPS) is 10.5. The van der Waals surface area contributed by atoms with Gasteiger partial charge in [-0.3, -0.25) is 9.59 Å². The Kier molecular flexibility index (Phi) is 6.98. The Hall–Kier alpha value is -3.35. The van der Waals surface area contributed by atoms with Crippen LogP contribution in [0.15, 0.2) is 30.3 Å². The highest BCUT2D eigenvalue weighted by Crippen LogP contribution is 2.35. The average molecular weight is 399 g/mol. The lowest BCUT2D eigenvalue weighted by atomic mass is 9.99. The third-order valence-electron chi connectivity index (χ3n) is 4.67. The number of methoxy groups -OCH3 is 1. The van der Waals surface area contributed by atoms with Crippen LogP contribution >= 0.6 is 0 Å². The molecule has 0 heterocycles. The Balaban J connectivity index is 2.56. The molecule has 0 aliphatic heterocycles. The fraction of sp³-hybridized carbons (Fsp3) is 0.318. The van der Waals surface area contributed by atoms with Crippen LogP contribution in [-0.2, 0) is 17.8 Å². The summed E-state index contributed by atoms with van der Waals surface area (Å²) in [5, 5.41) is 19.8. The number of carboxylic acid groups (broad SMARTS) is 1. The smallest absolute Gasteiger partial charge is 0.335 e. The fourth-order valence-corrected chi connectivity index (χ4v) is 3.20. The van der Waals surface area contributed by atoms with Crippen molar-refractivity contribution in [1.29, 1.82) is 0 Å². The van der Waals surface area contributed by atoms with Crippen LogP contribution in [0.3, 0.4) is 0 Å². The van der Waals surface area contributed by atoms with Crippen LogP contribution in [0.4, 0.5) is 5.69 Å². The summed E-state index contributed by atoms with van der Waals surface area (Å²) in [4.78, 5) is 36.9. The summed E-state index contributed by atoms with van der Waals surface area (Å²) >= 11 is 0. The number of ether oxygens (including phenoxy) is 1. The van der Waals surface area contributed by atoms with Crippen molar-refractivity contribution >= 4 is 23.3 Å². The van der Waals surface area contributed by atoms with Gasteiger partial charge in [0.05, 0.1) is 30.5 Å². The molecule has 0 bridgehead atoms. The van der Waals surface area contributed by atoms with Crippen LogP contribution in [0.5, 0.6) is 11.5 Å². The highest BCUT2D eigenvalue weighted by Gasteiger charge is 2.22. The Labute approximate surface area is 169 Å². The number of Topliss-reactive ketones (excluding diaryl/α,β-unsaturated/α-hetero) is 1. The molecule has 0 atom stereocenters. The lowest BCUT2D eigenvalue weighted by Crippen LogP contribution is -2.29. The van der Waals surface area contributed by atoms with Gasteiger partial charge in [-0.15, -0.1) is 0 Å². The van der Waals surface area contributed by atoms with Crippen molar-refractivity contribution in [3.05, 3.63) is 52.6 Å². The number of nitrogens with zero attached hydrogens (tertiary/aromatic N) is 1. The van der Waals surface area contributed by atoms with E-state index in [-0.39, 0.29) is 35.1 Å². The Bertz CT molecular complexity index is 951. The number of amides is 1. The Morgan fingerprint density at radius 1 is 1.10 bits per heavy atom. The number of hydrogen-bond acceptors (Lipinski definition) is 5. The third kappa shape index (κ3) is 4.74. The van der Waals surface area contributed by atoms with Gasteiger partial charge < -0.3 is 19.8 Å². The molecule has 29 heavy (non-hydrogen) atoms. The maximum Gasteiger partial charge on any atom is 0.335 e. The number of anilines is 1.